The molecule has 1 N–H and O–H groups in total. The Morgan fingerprint density at radius 1 is 1.44 bits per heavy atom. The lowest BCUT2D eigenvalue weighted by Gasteiger charge is -2.22. The van der Waals surface area contributed by atoms with Crippen molar-refractivity contribution in [2.75, 3.05) is 13.1 Å². The zero-order valence-electron chi connectivity index (χ0n) is 9.79. The number of carboxylic acids is 1. The molecular formula is C11H13NO4S2. The summed E-state index contributed by atoms with van der Waals surface area (Å²) in [4.78, 5) is 11.5. The Hall–Kier alpha value is -1.18. The van der Waals surface area contributed by atoms with Crippen molar-refractivity contribution >= 4 is 27.3 Å². The quantitative estimate of drug-likeness (QED) is 0.859. The molecule has 0 saturated carbocycles. The van der Waals surface area contributed by atoms with Crippen LogP contribution in [0.1, 0.15) is 21.0 Å². The molecule has 0 aromatic carbocycles. The summed E-state index contributed by atoms with van der Waals surface area (Å²) in [7, 11) is -3.58. The Morgan fingerprint density at radius 2 is 2.17 bits per heavy atom. The second kappa shape index (κ2) is 4.83. The standard InChI is InChI=1S/C11H13NO4S2/c1-8-10(7-9(17-8)11(13)14)18(15,16)12-5-3-2-4-6-12/h2-3,7H,4-6H2,1H3,(H,13,14). The van der Waals surface area contributed by atoms with E-state index in [1.165, 1.54) is 10.4 Å². The van der Waals surface area contributed by atoms with Gasteiger partial charge in [-0.05, 0) is 19.4 Å². The molecule has 0 atom stereocenters. The van der Waals surface area contributed by atoms with Gasteiger partial charge in [0.05, 0.1) is 4.90 Å². The summed E-state index contributed by atoms with van der Waals surface area (Å²) >= 11 is 0.990. The van der Waals surface area contributed by atoms with Crippen LogP contribution in [0.3, 0.4) is 0 Å². The fourth-order valence-electron chi connectivity index (χ4n) is 1.80. The first-order valence-electron chi connectivity index (χ1n) is 5.42. The van der Waals surface area contributed by atoms with Crippen molar-refractivity contribution in [1.82, 2.24) is 4.31 Å². The van der Waals surface area contributed by atoms with E-state index in [0.29, 0.717) is 24.4 Å². The van der Waals surface area contributed by atoms with E-state index in [1.54, 1.807) is 13.0 Å². The Labute approximate surface area is 109 Å². The van der Waals surface area contributed by atoms with Crippen molar-refractivity contribution in [2.24, 2.45) is 0 Å². The van der Waals surface area contributed by atoms with Gasteiger partial charge in [-0.1, -0.05) is 12.2 Å². The fraction of sp³-hybridized carbons (Fsp3) is 0.364. The zero-order chi connectivity index (χ0) is 13.3. The van der Waals surface area contributed by atoms with Gasteiger partial charge in [0.2, 0.25) is 10.0 Å². The molecule has 0 aliphatic carbocycles. The molecule has 0 amide bonds. The molecule has 1 aliphatic rings. The molecule has 18 heavy (non-hydrogen) atoms. The van der Waals surface area contributed by atoms with E-state index in [1.807, 2.05) is 6.08 Å². The van der Waals surface area contributed by atoms with Gasteiger partial charge in [0.1, 0.15) is 4.88 Å². The molecule has 2 heterocycles. The molecule has 0 unspecified atom stereocenters. The second-order valence-corrected chi connectivity index (χ2v) is 7.12. The minimum absolute atomic E-state index is 0.0543. The van der Waals surface area contributed by atoms with Gasteiger partial charge in [0, 0.05) is 18.0 Å². The number of rotatable bonds is 3. The van der Waals surface area contributed by atoms with Crippen molar-refractivity contribution in [3.63, 3.8) is 0 Å². The highest BCUT2D eigenvalue weighted by Gasteiger charge is 2.28. The summed E-state index contributed by atoms with van der Waals surface area (Å²) in [6.07, 6.45) is 4.43. The molecule has 0 radical (unpaired) electrons. The second-order valence-electron chi connectivity index (χ2n) is 3.96. The van der Waals surface area contributed by atoms with Crippen LogP contribution >= 0.6 is 11.3 Å². The Kier molecular flexibility index (Phi) is 3.56. The maximum atomic E-state index is 12.3. The largest absolute Gasteiger partial charge is 0.477 e. The number of carboxylic acid groups (broad SMARTS) is 1. The summed E-state index contributed by atoms with van der Waals surface area (Å²) in [5.74, 6) is -1.09. The highest BCUT2D eigenvalue weighted by molar-refractivity contribution is 7.89. The Balaban J connectivity index is 2.41. The third-order valence-electron chi connectivity index (χ3n) is 2.72. The molecule has 0 bridgehead atoms. The van der Waals surface area contributed by atoms with Crippen LogP contribution in [0.15, 0.2) is 23.1 Å². The molecule has 0 saturated heterocycles. The fourth-order valence-corrected chi connectivity index (χ4v) is 4.61. The minimum Gasteiger partial charge on any atom is -0.477 e. The number of hydrogen-bond donors (Lipinski definition) is 1. The van der Waals surface area contributed by atoms with Gasteiger partial charge < -0.3 is 5.11 Å². The van der Waals surface area contributed by atoms with Gasteiger partial charge in [0.25, 0.3) is 0 Å². The van der Waals surface area contributed by atoms with E-state index in [0.717, 1.165) is 11.3 Å². The van der Waals surface area contributed by atoms with Crippen LogP contribution < -0.4 is 0 Å². The number of aryl methyl sites for hydroxylation is 1. The third-order valence-corrected chi connectivity index (χ3v) is 5.88. The normalized spacial score (nSPS) is 16.9. The van der Waals surface area contributed by atoms with Crippen molar-refractivity contribution < 1.29 is 18.3 Å². The van der Waals surface area contributed by atoms with E-state index in [9.17, 15) is 13.2 Å². The molecule has 98 valence electrons. The van der Waals surface area contributed by atoms with Gasteiger partial charge in [-0.3, -0.25) is 0 Å². The summed E-state index contributed by atoms with van der Waals surface area (Å²) in [5, 5.41) is 8.89. The van der Waals surface area contributed by atoms with Crippen LogP contribution in [0.2, 0.25) is 0 Å². The highest BCUT2D eigenvalue weighted by Crippen LogP contribution is 2.28. The van der Waals surface area contributed by atoms with Gasteiger partial charge in [-0.2, -0.15) is 4.31 Å². The SMILES string of the molecule is Cc1sc(C(=O)O)cc1S(=O)(=O)N1CC=CCC1. The monoisotopic (exact) mass is 287 g/mol. The van der Waals surface area contributed by atoms with E-state index in [2.05, 4.69) is 0 Å². The molecule has 2 rings (SSSR count). The lowest BCUT2D eigenvalue weighted by molar-refractivity contribution is 0.0702. The lowest BCUT2D eigenvalue weighted by Crippen LogP contribution is -2.33. The van der Waals surface area contributed by atoms with Crippen LogP contribution in [0.25, 0.3) is 0 Å². The van der Waals surface area contributed by atoms with Gasteiger partial charge in [0.15, 0.2) is 0 Å². The molecule has 1 aromatic heterocycles. The van der Waals surface area contributed by atoms with E-state index >= 15 is 0 Å². The molecule has 1 aromatic rings. The number of hydrogen-bond acceptors (Lipinski definition) is 4. The van der Waals surface area contributed by atoms with Gasteiger partial charge >= 0.3 is 5.97 Å². The van der Waals surface area contributed by atoms with Crippen LogP contribution in [-0.2, 0) is 10.0 Å². The first-order chi connectivity index (χ1) is 8.43. The molecular weight excluding hydrogens is 274 g/mol. The van der Waals surface area contributed by atoms with Gasteiger partial charge in [-0.25, -0.2) is 13.2 Å². The Bertz CT molecular complexity index is 601. The van der Waals surface area contributed by atoms with Crippen molar-refractivity contribution in [3.8, 4) is 0 Å². The van der Waals surface area contributed by atoms with E-state index in [4.69, 9.17) is 5.11 Å². The smallest absolute Gasteiger partial charge is 0.345 e. The number of thiophene rings is 1. The minimum atomic E-state index is -3.58. The van der Waals surface area contributed by atoms with Crippen LogP contribution in [-0.4, -0.2) is 36.9 Å². The summed E-state index contributed by atoms with van der Waals surface area (Å²) in [6.45, 7) is 2.42. The summed E-state index contributed by atoms with van der Waals surface area (Å²) in [5.41, 5.74) is 0. The zero-order valence-corrected chi connectivity index (χ0v) is 11.4. The molecule has 7 heteroatoms. The van der Waals surface area contributed by atoms with Crippen LogP contribution in [0.5, 0.6) is 0 Å². The average Bonchev–Trinajstić information content (AvgIpc) is 2.73. The maximum absolute atomic E-state index is 12.3. The van der Waals surface area contributed by atoms with Crippen molar-refractivity contribution in [2.45, 2.75) is 18.2 Å². The first-order valence-corrected chi connectivity index (χ1v) is 7.67. The lowest BCUT2D eigenvalue weighted by atomic mass is 10.3. The molecule has 0 spiro atoms. The molecule has 5 nitrogen and oxygen atoms in total. The predicted molar refractivity (Wildman–Crippen MR) is 68.5 cm³/mol. The highest BCUT2D eigenvalue weighted by atomic mass is 32.2. The summed E-state index contributed by atoms with van der Waals surface area (Å²) < 4.78 is 26.1. The van der Waals surface area contributed by atoms with E-state index in [-0.39, 0.29) is 9.77 Å². The average molecular weight is 287 g/mol. The van der Waals surface area contributed by atoms with Crippen LogP contribution in [0.4, 0.5) is 0 Å². The van der Waals surface area contributed by atoms with Crippen molar-refractivity contribution in [1.29, 1.82) is 0 Å². The number of sulfonamides is 1. The maximum Gasteiger partial charge on any atom is 0.345 e. The third kappa shape index (κ3) is 2.33. The number of carbonyl (C=O) groups is 1. The summed E-state index contributed by atoms with van der Waals surface area (Å²) in [6, 6.07) is 1.25. The first kappa shape index (κ1) is 13.3. The topological polar surface area (TPSA) is 74.7 Å². The molecule has 0 fully saturated rings. The Morgan fingerprint density at radius 3 is 2.67 bits per heavy atom. The predicted octanol–water partition coefficient (Wildman–Crippen LogP) is 1.71. The van der Waals surface area contributed by atoms with E-state index < -0.39 is 16.0 Å². The van der Waals surface area contributed by atoms with Gasteiger partial charge in [-0.15, -0.1) is 11.3 Å². The molecule has 1 aliphatic heterocycles. The number of aromatic carboxylic acids is 1. The van der Waals surface area contributed by atoms with Crippen LogP contribution in [0, 0.1) is 6.92 Å². The number of nitrogens with zero attached hydrogens (tertiary/aromatic N) is 1. The van der Waals surface area contributed by atoms with Crippen molar-refractivity contribution in [3.05, 3.63) is 28.0 Å².